The highest BCUT2D eigenvalue weighted by atomic mass is 16.5. The predicted octanol–water partition coefficient (Wildman–Crippen LogP) is 1.96. The van der Waals surface area contributed by atoms with Crippen LogP contribution >= 0.6 is 0 Å². The fourth-order valence-electron chi connectivity index (χ4n) is 3.89. The van der Waals surface area contributed by atoms with E-state index in [1.54, 1.807) is 20.8 Å². The summed E-state index contributed by atoms with van der Waals surface area (Å²) in [6, 6.07) is 4.32. The van der Waals surface area contributed by atoms with E-state index < -0.39 is 41.1 Å². The number of aromatic hydroxyl groups is 1. The second kappa shape index (κ2) is 9.26. The van der Waals surface area contributed by atoms with Crippen molar-refractivity contribution in [2.24, 2.45) is 11.8 Å². The van der Waals surface area contributed by atoms with Gasteiger partial charge in [0.25, 0.3) is 0 Å². The number of hydrogen-bond donors (Lipinski definition) is 2. The summed E-state index contributed by atoms with van der Waals surface area (Å²) in [5.41, 5.74) is -1.34. The molecular weight excluding hydrogens is 380 g/mol. The first kappa shape index (κ1) is 22.7. The van der Waals surface area contributed by atoms with E-state index in [0.29, 0.717) is 5.56 Å². The minimum Gasteiger partial charge on any atom is -0.504 e. The average molecular weight is 408 g/mol. The zero-order chi connectivity index (χ0) is 21.8. The van der Waals surface area contributed by atoms with E-state index in [1.807, 2.05) is 0 Å². The summed E-state index contributed by atoms with van der Waals surface area (Å²) in [4.78, 5) is 38.3. The van der Waals surface area contributed by atoms with Crippen molar-refractivity contribution in [2.75, 3.05) is 19.8 Å². The molecule has 0 heterocycles. The van der Waals surface area contributed by atoms with Crippen LogP contribution in [0.15, 0.2) is 18.2 Å². The van der Waals surface area contributed by atoms with Crippen LogP contribution in [0.3, 0.4) is 0 Å². The van der Waals surface area contributed by atoms with Gasteiger partial charge >= 0.3 is 11.9 Å². The van der Waals surface area contributed by atoms with E-state index in [4.69, 9.17) is 14.2 Å². The Labute approximate surface area is 169 Å². The van der Waals surface area contributed by atoms with Crippen molar-refractivity contribution in [3.05, 3.63) is 23.8 Å². The highest BCUT2D eigenvalue weighted by molar-refractivity contribution is 6.02. The fourth-order valence-corrected chi connectivity index (χ4v) is 3.89. The summed E-state index contributed by atoms with van der Waals surface area (Å²) in [7, 11) is 0. The standard InChI is InChI=1S/C21H28O8/c1-5-27-15-10-12(8-9-13(15)22)16-17(19(24)28-6-2)14(23)11-21(4,26)18(16)20(25)29-7-3/h8-10,16-18,22,26H,5-7,11H2,1-4H3/t16-,17+,18-,21+/m0/s1. The molecule has 8 nitrogen and oxygen atoms in total. The number of phenolic OH excluding ortho intramolecular Hbond substituents is 1. The quantitative estimate of drug-likeness (QED) is 0.519. The highest BCUT2D eigenvalue weighted by Crippen LogP contribution is 2.48. The van der Waals surface area contributed by atoms with E-state index in [-0.39, 0.29) is 37.7 Å². The molecule has 1 fully saturated rings. The van der Waals surface area contributed by atoms with Gasteiger partial charge in [0.15, 0.2) is 17.3 Å². The number of benzene rings is 1. The van der Waals surface area contributed by atoms with Crippen LogP contribution in [0, 0.1) is 11.8 Å². The van der Waals surface area contributed by atoms with Gasteiger partial charge in [0.2, 0.25) is 0 Å². The second-order valence-corrected chi connectivity index (χ2v) is 7.15. The van der Waals surface area contributed by atoms with Crippen LogP contribution in [-0.4, -0.2) is 53.4 Å². The van der Waals surface area contributed by atoms with Crippen molar-refractivity contribution in [1.82, 2.24) is 0 Å². The summed E-state index contributed by atoms with van der Waals surface area (Å²) >= 11 is 0. The van der Waals surface area contributed by atoms with Gasteiger partial charge in [0, 0.05) is 12.3 Å². The molecule has 0 radical (unpaired) electrons. The van der Waals surface area contributed by atoms with Crippen LogP contribution in [0.1, 0.15) is 45.6 Å². The Bertz CT molecular complexity index is 770. The molecule has 160 valence electrons. The number of Topliss-reactive ketones (excluding diaryl/α,β-unsaturated/α-hetero) is 1. The highest BCUT2D eigenvalue weighted by Gasteiger charge is 2.57. The van der Waals surface area contributed by atoms with Crippen LogP contribution in [0.5, 0.6) is 11.5 Å². The van der Waals surface area contributed by atoms with E-state index in [1.165, 1.54) is 25.1 Å². The fraction of sp³-hybridized carbons (Fsp3) is 0.571. The third kappa shape index (κ3) is 4.70. The second-order valence-electron chi connectivity index (χ2n) is 7.15. The lowest BCUT2D eigenvalue weighted by molar-refractivity contribution is -0.172. The van der Waals surface area contributed by atoms with E-state index in [9.17, 15) is 24.6 Å². The first-order valence-electron chi connectivity index (χ1n) is 9.71. The van der Waals surface area contributed by atoms with Crippen molar-refractivity contribution >= 4 is 17.7 Å². The Morgan fingerprint density at radius 1 is 1.10 bits per heavy atom. The van der Waals surface area contributed by atoms with Gasteiger partial charge in [0.05, 0.1) is 31.3 Å². The Hall–Kier alpha value is -2.61. The molecule has 1 aliphatic carbocycles. The third-order valence-electron chi connectivity index (χ3n) is 5.02. The number of ketones is 1. The molecule has 0 unspecified atom stereocenters. The number of carbonyl (C=O) groups excluding carboxylic acids is 3. The predicted molar refractivity (Wildman–Crippen MR) is 103 cm³/mol. The first-order valence-corrected chi connectivity index (χ1v) is 9.71. The van der Waals surface area contributed by atoms with Gasteiger partial charge in [-0.15, -0.1) is 0 Å². The van der Waals surface area contributed by atoms with E-state index in [0.717, 1.165) is 0 Å². The van der Waals surface area contributed by atoms with Gasteiger partial charge in [-0.3, -0.25) is 14.4 Å². The van der Waals surface area contributed by atoms with Crippen LogP contribution in [0.2, 0.25) is 0 Å². The van der Waals surface area contributed by atoms with Gasteiger partial charge in [-0.2, -0.15) is 0 Å². The molecule has 0 aliphatic heterocycles. The summed E-state index contributed by atoms with van der Waals surface area (Å²) in [5.74, 6) is -5.49. The van der Waals surface area contributed by atoms with Crippen LogP contribution in [0.4, 0.5) is 0 Å². The molecule has 2 N–H and O–H groups in total. The lowest BCUT2D eigenvalue weighted by atomic mass is 9.61. The number of phenols is 1. The van der Waals surface area contributed by atoms with Gasteiger partial charge in [-0.1, -0.05) is 6.07 Å². The largest absolute Gasteiger partial charge is 0.504 e. The topological polar surface area (TPSA) is 119 Å². The molecule has 1 aliphatic rings. The minimum absolute atomic E-state index is 0.0651. The van der Waals surface area contributed by atoms with E-state index >= 15 is 0 Å². The molecule has 2 rings (SSSR count). The molecule has 0 bridgehead atoms. The normalized spacial score (nSPS) is 26.7. The number of rotatable bonds is 7. The molecule has 0 spiro atoms. The van der Waals surface area contributed by atoms with Gasteiger partial charge in [-0.25, -0.2) is 0 Å². The molecule has 1 saturated carbocycles. The van der Waals surface area contributed by atoms with Crippen molar-refractivity contribution < 1.29 is 38.8 Å². The number of hydrogen-bond acceptors (Lipinski definition) is 8. The van der Waals surface area contributed by atoms with E-state index in [2.05, 4.69) is 0 Å². The van der Waals surface area contributed by atoms with Crippen molar-refractivity contribution in [1.29, 1.82) is 0 Å². The zero-order valence-electron chi connectivity index (χ0n) is 17.1. The maximum atomic E-state index is 12.8. The van der Waals surface area contributed by atoms with Crippen LogP contribution in [0.25, 0.3) is 0 Å². The zero-order valence-corrected chi connectivity index (χ0v) is 17.1. The van der Waals surface area contributed by atoms with Crippen molar-refractivity contribution in [3.63, 3.8) is 0 Å². The first-order chi connectivity index (χ1) is 13.7. The van der Waals surface area contributed by atoms with Crippen LogP contribution in [-0.2, 0) is 23.9 Å². The summed E-state index contributed by atoms with van der Waals surface area (Å²) < 4.78 is 15.6. The smallest absolute Gasteiger partial charge is 0.317 e. The Kier molecular flexibility index (Phi) is 7.24. The maximum Gasteiger partial charge on any atom is 0.317 e. The molecule has 0 aromatic heterocycles. The SMILES string of the molecule is CCOC(=O)[C@@H]1C(=O)C[C@@](C)(O)[C@H](C(=O)OCC)[C@H]1c1ccc(O)c(OCC)c1. The Balaban J connectivity index is 2.66. The number of ether oxygens (including phenoxy) is 3. The van der Waals surface area contributed by atoms with Crippen molar-refractivity contribution in [3.8, 4) is 11.5 Å². The molecular formula is C21H28O8. The molecule has 1 aromatic rings. The summed E-state index contributed by atoms with van der Waals surface area (Å²) in [6.45, 7) is 6.79. The molecule has 8 heteroatoms. The molecule has 0 amide bonds. The summed E-state index contributed by atoms with van der Waals surface area (Å²) in [6.07, 6.45) is -0.382. The Morgan fingerprint density at radius 2 is 1.72 bits per heavy atom. The lowest BCUT2D eigenvalue weighted by Gasteiger charge is -2.43. The Morgan fingerprint density at radius 3 is 2.31 bits per heavy atom. The third-order valence-corrected chi connectivity index (χ3v) is 5.02. The minimum atomic E-state index is -1.72. The molecule has 29 heavy (non-hydrogen) atoms. The number of carbonyl (C=O) groups is 3. The average Bonchev–Trinajstić information content (AvgIpc) is 2.62. The molecule has 0 saturated heterocycles. The number of aliphatic hydroxyl groups is 1. The molecule has 1 aromatic carbocycles. The van der Waals surface area contributed by atoms with Gasteiger partial charge < -0.3 is 24.4 Å². The van der Waals surface area contributed by atoms with Gasteiger partial charge in [0.1, 0.15) is 5.92 Å². The maximum absolute atomic E-state index is 12.8. The summed E-state index contributed by atoms with van der Waals surface area (Å²) in [5, 5.41) is 20.9. The number of esters is 2. The van der Waals surface area contributed by atoms with Gasteiger partial charge in [-0.05, 0) is 45.4 Å². The molecule has 4 atom stereocenters. The van der Waals surface area contributed by atoms with Crippen molar-refractivity contribution in [2.45, 2.75) is 45.6 Å². The van der Waals surface area contributed by atoms with Crippen LogP contribution < -0.4 is 4.74 Å². The monoisotopic (exact) mass is 408 g/mol. The lowest BCUT2D eigenvalue weighted by Crippen LogP contribution is -2.55.